The van der Waals surface area contributed by atoms with Crippen molar-refractivity contribution in [2.24, 2.45) is 5.41 Å². The summed E-state index contributed by atoms with van der Waals surface area (Å²) in [5, 5.41) is 20.0. The normalized spacial score (nSPS) is 20.9. The first kappa shape index (κ1) is 30.7. The fourth-order valence-electron chi connectivity index (χ4n) is 6.14. The van der Waals surface area contributed by atoms with Crippen LogP contribution in [-0.4, -0.2) is 59.8 Å². The van der Waals surface area contributed by atoms with E-state index in [-0.39, 0.29) is 46.2 Å². The van der Waals surface area contributed by atoms with Gasteiger partial charge in [-0.05, 0) is 41.8 Å². The third-order valence-electron chi connectivity index (χ3n) is 8.24. The summed E-state index contributed by atoms with van der Waals surface area (Å²) < 4.78 is 14.6. The summed E-state index contributed by atoms with van der Waals surface area (Å²) in [6, 6.07) is 21.5. The first-order valence-electron chi connectivity index (χ1n) is 14.3. The molecule has 234 valence electrons. The van der Waals surface area contributed by atoms with Crippen molar-refractivity contribution in [1.82, 2.24) is 19.5 Å². The van der Waals surface area contributed by atoms with E-state index in [2.05, 4.69) is 15.0 Å². The quantitative estimate of drug-likeness (QED) is 0.144. The Morgan fingerprint density at radius 2 is 1.54 bits per heavy atom. The van der Waals surface area contributed by atoms with Gasteiger partial charge in [0.15, 0.2) is 10.8 Å². The highest BCUT2D eigenvalue weighted by molar-refractivity contribution is 6.33. The van der Waals surface area contributed by atoms with Gasteiger partial charge in [-0.25, -0.2) is 19.4 Å². The molecule has 1 saturated heterocycles. The molecule has 1 aliphatic heterocycles. The number of imidazole rings is 1. The summed E-state index contributed by atoms with van der Waals surface area (Å²) in [7, 11) is 0. The molecule has 0 bridgehead atoms. The first-order chi connectivity index (χ1) is 22.1. The van der Waals surface area contributed by atoms with Crippen molar-refractivity contribution < 1.29 is 34.1 Å². The highest BCUT2D eigenvalue weighted by Gasteiger charge is 2.57. The average molecular weight is 642 g/mol. The minimum Gasteiger partial charge on any atom is -0.478 e. The monoisotopic (exact) mass is 641 g/mol. The summed E-state index contributed by atoms with van der Waals surface area (Å²) >= 11 is 6.35. The second-order valence-corrected chi connectivity index (χ2v) is 11.6. The Labute approximate surface area is 267 Å². The summed E-state index contributed by atoms with van der Waals surface area (Å²) in [4.78, 5) is 50.8. The van der Waals surface area contributed by atoms with Crippen molar-refractivity contribution in [3.8, 4) is 0 Å². The number of aromatic carboxylic acids is 2. The van der Waals surface area contributed by atoms with Crippen LogP contribution in [-0.2, 0) is 22.3 Å². The second-order valence-electron chi connectivity index (χ2n) is 11.2. The molecule has 46 heavy (non-hydrogen) atoms. The van der Waals surface area contributed by atoms with Gasteiger partial charge in [0.25, 0.3) is 0 Å². The van der Waals surface area contributed by atoms with Crippen LogP contribution in [0.3, 0.4) is 0 Å². The minimum absolute atomic E-state index is 0.0242. The van der Waals surface area contributed by atoms with E-state index in [1.807, 2.05) is 6.92 Å². The summed E-state index contributed by atoms with van der Waals surface area (Å²) in [6.45, 7) is 1.82. The number of nitrogen functional groups attached to an aromatic ring is 1. The minimum atomic E-state index is -1.18. The number of nitrogens with zero attached hydrogens (tertiary/aromatic N) is 4. The lowest BCUT2D eigenvalue weighted by atomic mass is 9.75. The molecule has 1 aliphatic rings. The molecule has 4 N–H and O–H groups in total. The lowest BCUT2D eigenvalue weighted by Gasteiger charge is -2.36. The van der Waals surface area contributed by atoms with Crippen molar-refractivity contribution in [1.29, 1.82) is 0 Å². The smallest absolute Gasteiger partial charge is 0.338 e. The van der Waals surface area contributed by atoms with Gasteiger partial charge in [-0.15, -0.1) is 0 Å². The fourth-order valence-corrected chi connectivity index (χ4v) is 6.36. The molecule has 0 unspecified atom stereocenters. The van der Waals surface area contributed by atoms with E-state index in [1.54, 1.807) is 71.3 Å². The highest BCUT2D eigenvalue weighted by Crippen LogP contribution is 2.51. The van der Waals surface area contributed by atoms with Gasteiger partial charge in [0.1, 0.15) is 24.0 Å². The molecule has 3 heterocycles. The number of nitrogens with two attached hydrogens (primary N) is 1. The molecular weight excluding hydrogens is 614 g/mol. The molecule has 13 heteroatoms. The highest BCUT2D eigenvalue weighted by atomic mass is 35.5. The number of hydrogen-bond donors (Lipinski definition) is 3. The van der Waals surface area contributed by atoms with E-state index < -0.39 is 41.8 Å². The Hall–Kier alpha value is -5.33. The van der Waals surface area contributed by atoms with Crippen LogP contribution in [0.4, 0.5) is 5.95 Å². The number of carboxylic acid groups (broad SMARTS) is 2. The van der Waals surface area contributed by atoms with Crippen molar-refractivity contribution in [3.63, 3.8) is 0 Å². The number of halogens is 1. The van der Waals surface area contributed by atoms with Crippen LogP contribution in [0, 0.1) is 5.41 Å². The maximum absolute atomic E-state index is 13.6. The Bertz CT molecular complexity index is 1970. The van der Waals surface area contributed by atoms with Crippen molar-refractivity contribution >= 4 is 46.6 Å². The molecule has 4 atom stereocenters. The zero-order chi connectivity index (χ0) is 32.6. The lowest BCUT2D eigenvalue weighted by Crippen LogP contribution is -2.43. The Morgan fingerprint density at radius 1 is 0.935 bits per heavy atom. The molecule has 3 aromatic carbocycles. The molecular formula is C33H28ClN5O7. The number of fused-ring (bicyclic) bond motifs is 1. The molecule has 0 aliphatic carbocycles. The molecule has 0 radical (unpaired) electrons. The van der Waals surface area contributed by atoms with Crippen LogP contribution < -0.4 is 5.73 Å². The summed E-state index contributed by atoms with van der Waals surface area (Å²) in [5.41, 5.74) is 6.63. The van der Waals surface area contributed by atoms with Gasteiger partial charge in [0.05, 0.1) is 28.4 Å². The number of carbonyl (C=O) groups is 3. The van der Waals surface area contributed by atoms with Gasteiger partial charge in [-0.1, -0.05) is 73.1 Å². The largest absolute Gasteiger partial charge is 0.478 e. The van der Waals surface area contributed by atoms with E-state index in [9.17, 15) is 24.6 Å². The average Bonchev–Trinajstić information content (AvgIpc) is 3.56. The van der Waals surface area contributed by atoms with E-state index in [4.69, 9.17) is 26.8 Å². The van der Waals surface area contributed by atoms with Gasteiger partial charge in [-0.3, -0.25) is 4.57 Å². The predicted octanol–water partition coefficient (Wildman–Crippen LogP) is 5.07. The lowest BCUT2D eigenvalue weighted by molar-refractivity contribution is -0.0332. The number of esters is 1. The van der Waals surface area contributed by atoms with Crippen LogP contribution in [0.1, 0.15) is 55.4 Å². The SMILES string of the molecule is C[C@@]1(Cc2ccccc2C(=O)O)[C@H](OC(=O)c2ccccc2)[C@@H](Cc2ccccc2C(=O)O)O[C@H]1n1cnc2c(Cl)nc(N)nc21. The zero-order valence-corrected chi connectivity index (χ0v) is 25.2. The number of benzene rings is 3. The zero-order valence-electron chi connectivity index (χ0n) is 24.4. The van der Waals surface area contributed by atoms with Gasteiger partial charge in [-0.2, -0.15) is 9.97 Å². The number of carbonyl (C=O) groups excluding carboxylic acids is 1. The summed E-state index contributed by atoms with van der Waals surface area (Å²) in [6.07, 6.45) is -1.32. The molecule has 12 nitrogen and oxygen atoms in total. The number of rotatable bonds is 9. The molecule has 5 aromatic rings. The first-order valence-corrected chi connectivity index (χ1v) is 14.6. The Morgan fingerprint density at radius 3 is 2.22 bits per heavy atom. The van der Waals surface area contributed by atoms with Crippen molar-refractivity contribution in [3.05, 3.63) is 118 Å². The predicted molar refractivity (Wildman–Crippen MR) is 167 cm³/mol. The molecule has 0 saturated carbocycles. The fraction of sp³-hybridized carbons (Fsp3) is 0.212. The molecule has 2 aromatic heterocycles. The van der Waals surface area contributed by atoms with Gasteiger partial charge in [0.2, 0.25) is 5.95 Å². The maximum Gasteiger partial charge on any atom is 0.338 e. The van der Waals surface area contributed by atoms with Crippen LogP contribution in [0.15, 0.2) is 85.2 Å². The van der Waals surface area contributed by atoms with Crippen LogP contribution >= 0.6 is 11.6 Å². The van der Waals surface area contributed by atoms with E-state index in [0.717, 1.165) is 0 Å². The third-order valence-corrected chi connectivity index (χ3v) is 8.50. The molecule has 0 amide bonds. The van der Waals surface area contributed by atoms with Crippen molar-refractivity contribution in [2.75, 3.05) is 5.73 Å². The number of hydrogen-bond acceptors (Lipinski definition) is 9. The molecule has 0 spiro atoms. The van der Waals surface area contributed by atoms with Gasteiger partial charge >= 0.3 is 17.9 Å². The number of ether oxygens (including phenoxy) is 2. The number of anilines is 1. The standard InChI is InChI=1S/C33H28ClN5O7/c1-33(16-20-12-6-8-14-22(20)29(42)43)25(46-30(44)18-9-3-2-4-10-18)23(15-19-11-5-7-13-21(19)28(40)41)45-31(33)39-17-36-24-26(34)37-32(35)38-27(24)39/h2-14,17,23,25,31H,15-16H2,1H3,(H,40,41)(H,42,43)(H2,35,37,38)/t23-,25-,31-,33-/m1/s1. The van der Waals surface area contributed by atoms with Crippen LogP contribution in [0.2, 0.25) is 5.15 Å². The molecule has 6 rings (SSSR count). The number of carboxylic acids is 2. The topological polar surface area (TPSA) is 180 Å². The van der Waals surface area contributed by atoms with Gasteiger partial charge in [0, 0.05) is 6.42 Å². The third kappa shape index (κ3) is 5.64. The van der Waals surface area contributed by atoms with E-state index in [1.165, 1.54) is 18.5 Å². The number of aromatic nitrogens is 4. The second kappa shape index (κ2) is 12.2. The van der Waals surface area contributed by atoms with Crippen LogP contribution in [0.25, 0.3) is 11.2 Å². The summed E-state index contributed by atoms with van der Waals surface area (Å²) in [5.74, 6) is -2.98. The van der Waals surface area contributed by atoms with E-state index >= 15 is 0 Å². The Balaban J connectivity index is 1.54. The van der Waals surface area contributed by atoms with Crippen LogP contribution in [0.5, 0.6) is 0 Å². The van der Waals surface area contributed by atoms with Crippen molar-refractivity contribution in [2.45, 2.75) is 38.2 Å². The van der Waals surface area contributed by atoms with E-state index in [0.29, 0.717) is 16.7 Å². The molecule has 1 fully saturated rings. The van der Waals surface area contributed by atoms with Gasteiger partial charge < -0.3 is 25.4 Å². The Kier molecular flexibility index (Phi) is 8.15. The maximum atomic E-state index is 13.6.